The van der Waals surface area contributed by atoms with Crippen molar-refractivity contribution in [2.24, 2.45) is 0 Å². The monoisotopic (exact) mass is 475 g/mol. The van der Waals surface area contributed by atoms with Crippen molar-refractivity contribution in [2.75, 3.05) is 17.1 Å². The van der Waals surface area contributed by atoms with Gasteiger partial charge in [0.15, 0.2) is 0 Å². The van der Waals surface area contributed by atoms with Crippen molar-refractivity contribution < 1.29 is 22.4 Å². The SMILES string of the molecule is CC(C(=O)NC1CCCC1)N(Cc1ccccc1)C(=O)CN(c1ccc(F)cc1)S(C)(=O)=O. The van der Waals surface area contributed by atoms with Crippen LogP contribution < -0.4 is 9.62 Å². The lowest BCUT2D eigenvalue weighted by Crippen LogP contribution is -2.52. The van der Waals surface area contributed by atoms with E-state index >= 15 is 0 Å². The van der Waals surface area contributed by atoms with E-state index < -0.39 is 34.3 Å². The van der Waals surface area contributed by atoms with Crippen molar-refractivity contribution in [2.45, 2.75) is 51.2 Å². The van der Waals surface area contributed by atoms with Gasteiger partial charge in [0.05, 0.1) is 11.9 Å². The van der Waals surface area contributed by atoms with E-state index in [0.29, 0.717) is 0 Å². The van der Waals surface area contributed by atoms with E-state index in [-0.39, 0.29) is 24.2 Å². The van der Waals surface area contributed by atoms with Crippen molar-refractivity contribution >= 4 is 27.5 Å². The number of amides is 2. The molecule has 1 aliphatic carbocycles. The molecule has 3 rings (SSSR count). The molecular formula is C24H30FN3O4S. The zero-order chi connectivity index (χ0) is 24.0. The number of halogens is 1. The number of nitrogens with one attached hydrogen (secondary N) is 1. The van der Waals surface area contributed by atoms with E-state index in [9.17, 15) is 22.4 Å². The molecule has 1 saturated carbocycles. The average Bonchev–Trinajstić information content (AvgIpc) is 3.29. The summed E-state index contributed by atoms with van der Waals surface area (Å²) in [6.07, 6.45) is 4.94. The van der Waals surface area contributed by atoms with E-state index in [0.717, 1.165) is 53.9 Å². The second-order valence-corrected chi connectivity index (χ2v) is 10.3. The Kier molecular flexibility index (Phi) is 8.07. The molecule has 2 aromatic carbocycles. The summed E-state index contributed by atoms with van der Waals surface area (Å²) in [5.41, 5.74) is 0.994. The molecule has 2 amide bonds. The van der Waals surface area contributed by atoms with Gasteiger partial charge in [-0.25, -0.2) is 12.8 Å². The van der Waals surface area contributed by atoms with Crippen LogP contribution in [0.15, 0.2) is 54.6 Å². The van der Waals surface area contributed by atoms with Crippen molar-refractivity contribution in [1.29, 1.82) is 0 Å². The zero-order valence-electron chi connectivity index (χ0n) is 18.9. The highest BCUT2D eigenvalue weighted by Crippen LogP contribution is 2.21. The van der Waals surface area contributed by atoms with Crippen molar-refractivity contribution in [3.8, 4) is 0 Å². The summed E-state index contributed by atoms with van der Waals surface area (Å²) in [5.74, 6) is -1.30. The molecule has 1 atom stereocenters. The quantitative estimate of drug-likeness (QED) is 0.604. The van der Waals surface area contributed by atoms with Gasteiger partial charge >= 0.3 is 0 Å². The Balaban J connectivity index is 1.84. The summed E-state index contributed by atoms with van der Waals surface area (Å²) in [6, 6.07) is 13.4. The van der Waals surface area contributed by atoms with Gasteiger partial charge in [-0.15, -0.1) is 0 Å². The number of hydrogen-bond donors (Lipinski definition) is 1. The molecule has 0 saturated heterocycles. The molecule has 0 bridgehead atoms. The third kappa shape index (κ3) is 6.77. The van der Waals surface area contributed by atoms with Crippen LogP contribution in [0.1, 0.15) is 38.2 Å². The van der Waals surface area contributed by atoms with Crippen LogP contribution in [-0.2, 0) is 26.2 Å². The summed E-state index contributed by atoms with van der Waals surface area (Å²) >= 11 is 0. The minimum Gasteiger partial charge on any atom is -0.352 e. The summed E-state index contributed by atoms with van der Waals surface area (Å²) in [6.45, 7) is 1.30. The Morgan fingerprint density at radius 2 is 1.67 bits per heavy atom. The van der Waals surface area contributed by atoms with Gasteiger partial charge in [-0.2, -0.15) is 0 Å². The van der Waals surface area contributed by atoms with Gasteiger partial charge in [0.2, 0.25) is 21.8 Å². The number of carbonyl (C=O) groups excluding carboxylic acids is 2. The van der Waals surface area contributed by atoms with Gasteiger partial charge in [-0.3, -0.25) is 13.9 Å². The maximum absolute atomic E-state index is 13.4. The molecule has 1 unspecified atom stereocenters. The fourth-order valence-corrected chi connectivity index (χ4v) is 4.83. The Morgan fingerprint density at radius 1 is 1.06 bits per heavy atom. The summed E-state index contributed by atoms with van der Waals surface area (Å²) in [7, 11) is -3.83. The topological polar surface area (TPSA) is 86.8 Å². The van der Waals surface area contributed by atoms with Crippen LogP contribution >= 0.6 is 0 Å². The van der Waals surface area contributed by atoms with E-state index in [1.807, 2.05) is 30.3 Å². The average molecular weight is 476 g/mol. The van der Waals surface area contributed by atoms with Crippen LogP contribution in [0.3, 0.4) is 0 Å². The fourth-order valence-electron chi connectivity index (χ4n) is 3.98. The standard InChI is InChI=1S/C24H30FN3O4S/c1-18(24(30)26-21-10-6-7-11-21)27(16-19-8-4-3-5-9-19)23(29)17-28(33(2,31)32)22-14-12-20(25)13-15-22/h3-5,8-9,12-15,18,21H,6-7,10-11,16-17H2,1-2H3,(H,26,30). The molecule has 7 nitrogen and oxygen atoms in total. The molecule has 0 aliphatic heterocycles. The number of nitrogens with zero attached hydrogens (tertiary/aromatic N) is 2. The fraction of sp³-hybridized carbons (Fsp3) is 0.417. The van der Waals surface area contributed by atoms with Crippen LogP contribution in [-0.4, -0.2) is 50.0 Å². The van der Waals surface area contributed by atoms with Crippen molar-refractivity contribution in [3.63, 3.8) is 0 Å². The van der Waals surface area contributed by atoms with Crippen LogP contribution in [0, 0.1) is 5.82 Å². The summed E-state index contributed by atoms with van der Waals surface area (Å²) < 4.78 is 39.2. The molecule has 1 aliphatic rings. The third-order valence-electron chi connectivity index (χ3n) is 5.86. The Labute approximate surface area is 194 Å². The summed E-state index contributed by atoms with van der Waals surface area (Å²) in [5, 5.41) is 3.01. The maximum atomic E-state index is 13.4. The van der Waals surface area contributed by atoms with Gasteiger partial charge < -0.3 is 10.2 Å². The van der Waals surface area contributed by atoms with E-state index in [1.165, 1.54) is 17.0 Å². The molecular weight excluding hydrogens is 445 g/mol. The van der Waals surface area contributed by atoms with Crippen LogP contribution in [0.5, 0.6) is 0 Å². The normalized spacial score (nSPS) is 15.1. The lowest BCUT2D eigenvalue weighted by Gasteiger charge is -2.32. The predicted molar refractivity (Wildman–Crippen MR) is 125 cm³/mol. The highest BCUT2D eigenvalue weighted by Gasteiger charge is 2.31. The molecule has 178 valence electrons. The maximum Gasteiger partial charge on any atom is 0.244 e. The zero-order valence-corrected chi connectivity index (χ0v) is 19.7. The van der Waals surface area contributed by atoms with Gasteiger partial charge in [0.1, 0.15) is 18.4 Å². The molecule has 9 heteroatoms. The first-order valence-corrected chi connectivity index (χ1v) is 12.9. The second-order valence-electron chi connectivity index (χ2n) is 8.42. The molecule has 33 heavy (non-hydrogen) atoms. The van der Waals surface area contributed by atoms with E-state index in [4.69, 9.17) is 0 Å². The highest BCUT2D eigenvalue weighted by atomic mass is 32.2. The Morgan fingerprint density at radius 3 is 2.24 bits per heavy atom. The molecule has 0 heterocycles. The van der Waals surface area contributed by atoms with Crippen LogP contribution in [0.4, 0.5) is 10.1 Å². The molecule has 0 radical (unpaired) electrons. The van der Waals surface area contributed by atoms with Gasteiger partial charge in [0.25, 0.3) is 0 Å². The predicted octanol–water partition coefficient (Wildman–Crippen LogP) is 3.07. The third-order valence-corrected chi connectivity index (χ3v) is 7.00. The molecule has 0 spiro atoms. The number of carbonyl (C=O) groups is 2. The van der Waals surface area contributed by atoms with E-state index in [2.05, 4.69) is 5.32 Å². The largest absolute Gasteiger partial charge is 0.352 e. The first-order valence-electron chi connectivity index (χ1n) is 11.0. The first-order chi connectivity index (χ1) is 15.6. The first kappa shape index (κ1) is 24.7. The van der Waals surface area contributed by atoms with Crippen LogP contribution in [0.25, 0.3) is 0 Å². The van der Waals surface area contributed by atoms with Gasteiger partial charge in [-0.1, -0.05) is 43.2 Å². The Bertz CT molecular complexity index is 1050. The number of sulfonamides is 1. The van der Waals surface area contributed by atoms with Gasteiger partial charge in [0, 0.05) is 12.6 Å². The lowest BCUT2D eigenvalue weighted by atomic mass is 10.1. The van der Waals surface area contributed by atoms with Crippen molar-refractivity contribution in [1.82, 2.24) is 10.2 Å². The number of anilines is 1. The number of rotatable bonds is 9. The van der Waals surface area contributed by atoms with E-state index in [1.54, 1.807) is 6.92 Å². The molecule has 2 aromatic rings. The minimum atomic E-state index is -3.83. The van der Waals surface area contributed by atoms with Crippen molar-refractivity contribution in [3.05, 3.63) is 66.0 Å². The Hall–Kier alpha value is -2.94. The molecule has 1 N–H and O–H groups in total. The number of benzene rings is 2. The number of hydrogen-bond acceptors (Lipinski definition) is 4. The highest BCUT2D eigenvalue weighted by molar-refractivity contribution is 7.92. The lowest BCUT2D eigenvalue weighted by molar-refractivity contribution is -0.139. The second kappa shape index (κ2) is 10.8. The molecule has 1 fully saturated rings. The van der Waals surface area contributed by atoms with Crippen LogP contribution in [0.2, 0.25) is 0 Å². The van der Waals surface area contributed by atoms with Gasteiger partial charge in [-0.05, 0) is 49.6 Å². The minimum absolute atomic E-state index is 0.0976. The smallest absolute Gasteiger partial charge is 0.244 e. The summed E-state index contributed by atoms with van der Waals surface area (Å²) in [4.78, 5) is 27.7. The molecule has 0 aromatic heterocycles.